The number of carboxylic acids is 1. The van der Waals surface area contributed by atoms with Gasteiger partial charge in [0.05, 0.1) is 10.6 Å². The Labute approximate surface area is 109 Å². The third-order valence-electron chi connectivity index (χ3n) is 2.40. The van der Waals surface area contributed by atoms with Crippen molar-refractivity contribution in [2.24, 2.45) is 0 Å². The molecule has 0 fully saturated rings. The lowest BCUT2D eigenvalue weighted by atomic mass is 10.1. The normalized spacial score (nSPS) is 10.1. The topological polar surface area (TPSA) is 62.2 Å². The molecule has 0 saturated heterocycles. The number of hydrogen-bond acceptors (Lipinski definition) is 3. The molecule has 2 aromatic rings. The standard InChI is InChI=1S/C13H11ClN2O2/c14-11-5-6-12(16-8-11)15-7-9-1-3-10(4-2-9)13(17)18/h1-6,8H,7H2,(H,15,16)(H,17,18). The predicted molar refractivity (Wildman–Crippen MR) is 70.0 cm³/mol. The fraction of sp³-hybridized carbons (Fsp3) is 0.0769. The summed E-state index contributed by atoms with van der Waals surface area (Å²) in [4.78, 5) is 14.8. The van der Waals surface area contributed by atoms with Crippen LogP contribution < -0.4 is 5.32 Å². The molecule has 0 atom stereocenters. The van der Waals surface area contributed by atoms with Gasteiger partial charge in [0, 0.05) is 12.7 Å². The summed E-state index contributed by atoms with van der Waals surface area (Å²) in [7, 11) is 0. The van der Waals surface area contributed by atoms with Crippen LogP contribution in [0.4, 0.5) is 5.82 Å². The molecule has 1 heterocycles. The number of carbonyl (C=O) groups is 1. The van der Waals surface area contributed by atoms with Crippen molar-refractivity contribution in [1.82, 2.24) is 4.98 Å². The van der Waals surface area contributed by atoms with E-state index in [1.807, 2.05) is 0 Å². The summed E-state index contributed by atoms with van der Waals surface area (Å²) >= 11 is 5.73. The van der Waals surface area contributed by atoms with E-state index in [-0.39, 0.29) is 5.56 Å². The molecule has 0 radical (unpaired) electrons. The van der Waals surface area contributed by atoms with E-state index in [4.69, 9.17) is 16.7 Å². The number of rotatable bonds is 4. The Balaban J connectivity index is 1.97. The largest absolute Gasteiger partial charge is 0.478 e. The minimum absolute atomic E-state index is 0.281. The molecule has 0 spiro atoms. The van der Waals surface area contributed by atoms with Gasteiger partial charge < -0.3 is 10.4 Å². The number of hydrogen-bond donors (Lipinski definition) is 2. The number of halogens is 1. The first kappa shape index (κ1) is 12.4. The van der Waals surface area contributed by atoms with Gasteiger partial charge in [0.1, 0.15) is 5.82 Å². The molecule has 0 aliphatic heterocycles. The number of aromatic carboxylic acids is 1. The fourth-order valence-corrected chi connectivity index (χ4v) is 1.55. The van der Waals surface area contributed by atoms with E-state index in [2.05, 4.69) is 10.3 Å². The second kappa shape index (κ2) is 5.51. The smallest absolute Gasteiger partial charge is 0.335 e. The molecule has 0 amide bonds. The summed E-state index contributed by atoms with van der Waals surface area (Å²) in [5.74, 6) is -0.199. The van der Waals surface area contributed by atoms with Crippen LogP contribution in [0.25, 0.3) is 0 Å². The zero-order valence-corrected chi connectivity index (χ0v) is 10.2. The van der Waals surface area contributed by atoms with E-state index in [0.29, 0.717) is 11.6 Å². The Hall–Kier alpha value is -2.07. The summed E-state index contributed by atoms with van der Waals surface area (Å²) in [5.41, 5.74) is 1.26. The first-order chi connectivity index (χ1) is 8.65. The summed E-state index contributed by atoms with van der Waals surface area (Å²) in [6.07, 6.45) is 1.57. The van der Waals surface area contributed by atoms with Crippen LogP contribution in [0.5, 0.6) is 0 Å². The SMILES string of the molecule is O=C(O)c1ccc(CNc2ccc(Cl)cn2)cc1. The van der Waals surface area contributed by atoms with Crippen molar-refractivity contribution < 1.29 is 9.90 Å². The Morgan fingerprint density at radius 2 is 1.94 bits per heavy atom. The van der Waals surface area contributed by atoms with E-state index < -0.39 is 5.97 Å². The minimum Gasteiger partial charge on any atom is -0.478 e. The molecule has 4 nitrogen and oxygen atoms in total. The van der Waals surface area contributed by atoms with Gasteiger partial charge in [-0.05, 0) is 29.8 Å². The van der Waals surface area contributed by atoms with E-state index in [0.717, 1.165) is 11.4 Å². The maximum absolute atomic E-state index is 10.7. The highest BCUT2D eigenvalue weighted by molar-refractivity contribution is 6.30. The summed E-state index contributed by atoms with van der Waals surface area (Å²) < 4.78 is 0. The number of anilines is 1. The summed E-state index contributed by atoms with van der Waals surface area (Å²) in [6, 6.07) is 10.2. The van der Waals surface area contributed by atoms with Crippen molar-refractivity contribution >= 4 is 23.4 Å². The molecule has 18 heavy (non-hydrogen) atoms. The minimum atomic E-state index is -0.922. The van der Waals surface area contributed by atoms with Crippen molar-refractivity contribution in [1.29, 1.82) is 0 Å². The second-order valence-electron chi connectivity index (χ2n) is 3.72. The van der Waals surface area contributed by atoms with E-state index in [1.54, 1.807) is 42.6 Å². The van der Waals surface area contributed by atoms with Crippen molar-refractivity contribution in [2.45, 2.75) is 6.54 Å². The molecular weight excluding hydrogens is 252 g/mol. The van der Waals surface area contributed by atoms with Crippen LogP contribution in [0.15, 0.2) is 42.6 Å². The third-order valence-corrected chi connectivity index (χ3v) is 2.63. The summed E-state index contributed by atoms with van der Waals surface area (Å²) in [6.45, 7) is 0.578. The van der Waals surface area contributed by atoms with Gasteiger partial charge in [-0.25, -0.2) is 9.78 Å². The van der Waals surface area contributed by atoms with Crippen LogP contribution in [0, 0.1) is 0 Å². The van der Waals surface area contributed by atoms with Gasteiger partial charge >= 0.3 is 5.97 Å². The lowest BCUT2D eigenvalue weighted by Gasteiger charge is -2.05. The van der Waals surface area contributed by atoms with Crippen molar-refractivity contribution in [2.75, 3.05) is 5.32 Å². The first-order valence-electron chi connectivity index (χ1n) is 5.33. The zero-order valence-electron chi connectivity index (χ0n) is 9.43. The molecule has 2 rings (SSSR count). The van der Waals surface area contributed by atoms with Gasteiger partial charge in [-0.3, -0.25) is 0 Å². The molecule has 0 unspecified atom stereocenters. The van der Waals surface area contributed by atoms with Gasteiger partial charge in [0.25, 0.3) is 0 Å². The molecule has 0 aliphatic carbocycles. The summed E-state index contributed by atoms with van der Waals surface area (Å²) in [5, 5.41) is 12.5. The van der Waals surface area contributed by atoms with Gasteiger partial charge in [-0.1, -0.05) is 23.7 Å². The number of aromatic nitrogens is 1. The molecule has 1 aromatic heterocycles. The number of nitrogens with zero attached hydrogens (tertiary/aromatic N) is 1. The second-order valence-corrected chi connectivity index (χ2v) is 4.15. The number of pyridine rings is 1. The highest BCUT2D eigenvalue weighted by Crippen LogP contribution is 2.11. The van der Waals surface area contributed by atoms with Crippen LogP contribution in [0.1, 0.15) is 15.9 Å². The van der Waals surface area contributed by atoms with Crippen molar-refractivity contribution in [3.05, 3.63) is 58.7 Å². The predicted octanol–water partition coefficient (Wildman–Crippen LogP) is 3.05. The van der Waals surface area contributed by atoms with Gasteiger partial charge in [0.15, 0.2) is 0 Å². The highest BCUT2D eigenvalue weighted by atomic mass is 35.5. The molecule has 5 heteroatoms. The van der Waals surface area contributed by atoms with E-state index >= 15 is 0 Å². The maximum Gasteiger partial charge on any atom is 0.335 e. The molecule has 0 aliphatic rings. The third kappa shape index (κ3) is 3.21. The Morgan fingerprint density at radius 3 is 2.50 bits per heavy atom. The van der Waals surface area contributed by atoms with E-state index in [1.165, 1.54) is 0 Å². The van der Waals surface area contributed by atoms with Crippen LogP contribution in [0.2, 0.25) is 5.02 Å². The Morgan fingerprint density at radius 1 is 1.22 bits per heavy atom. The number of nitrogens with one attached hydrogen (secondary N) is 1. The molecular formula is C13H11ClN2O2. The van der Waals surface area contributed by atoms with Gasteiger partial charge in [0.2, 0.25) is 0 Å². The van der Waals surface area contributed by atoms with Gasteiger partial charge in [-0.2, -0.15) is 0 Å². The van der Waals surface area contributed by atoms with Crippen LogP contribution >= 0.6 is 11.6 Å². The highest BCUT2D eigenvalue weighted by Gasteiger charge is 2.01. The van der Waals surface area contributed by atoms with Crippen molar-refractivity contribution in [3.63, 3.8) is 0 Å². The first-order valence-corrected chi connectivity index (χ1v) is 5.70. The van der Waals surface area contributed by atoms with Crippen LogP contribution in [-0.2, 0) is 6.54 Å². The maximum atomic E-state index is 10.7. The quantitative estimate of drug-likeness (QED) is 0.889. The number of benzene rings is 1. The lowest BCUT2D eigenvalue weighted by molar-refractivity contribution is 0.0697. The average molecular weight is 263 g/mol. The monoisotopic (exact) mass is 262 g/mol. The average Bonchev–Trinajstić information content (AvgIpc) is 2.38. The Kier molecular flexibility index (Phi) is 3.79. The Bertz CT molecular complexity index is 538. The zero-order chi connectivity index (χ0) is 13.0. The van der Waals surface area contributed by atoms with Crippen LogP contribution in [-0.4, -0.2) is 16.1 Å². The van der Waals surface area contributed by atoms with E-state index in [9.17, 15) is 4.79 Å². The molecule has 92 valence electrons. The van der Waals surface area contributed by atoms with Crippen molar-refractivity contribution in [3.8, 4) is 0 Å². The fourth-order valence-electron chi connectivity index (χ4n) is 1.44. The van der Waals surface area contributed by atoms with Crippen LogP contribution in [0.3, 0.4) is 0 Å². The lowest BCUT2D eigenvalue weighted by Crippen LogP contribution is -2.02. The molecule has 0 saturated carbocycles. The molecule has 0 bridgehead atoms. The molecule has 1 aromatic carbocycles. The molecule has 2 N–H and O–H groups in total. The number of carboxylic acid groups (broad SMARTS) is 1. The van der Waals surface area contributed by atoms with Gasteiger partial charge in [-0.15, -0.1) is 0 Å².